The molecule has 7 nitrogen and oxygen atoms in total. The molecule has 0 radical (unpaired) electrons. The summed E-state index contributed by atoms with van der Waals surface area (Å²) in [6.45, 7) is 1.98. The van der Waals surface area contributed by atoms with Gasteiger partial charge in [0.15, 0.2) is 0 Å². The molecule has 0 aliphatic rings. The highest BCUT2D eigenvalue weighted by Gasteiger charge is 2.16. The van der Waals surface area contributed by atoms with E-state index in [2.05, 4.69) is 5.10 Å². The quantitative estimate of drug-likeness (QED) is 0.746. The van der Waals surface area contributed by atoms with Crippen molar-refractivity contribution in [2.75, 3.05) is 0 Å². The molecular weight excluding hydrogens is 340 g/mol. The van der Waals surface area contributed by atoms with Crippen LogP contribution in [-0.4, -0.2) is 24.2 Å². The van der Waals surface area contributed by atoms with Crippen molar-refractivity contribution in [1.29, 1.82) is 0 Å². The number of hydrogen-bond acceptors (Lipinski definition) is 4. The van der Waals surface area contributed by atoms with Gasteiger partial charge in [-0.3, -0.25) is 0 Å². The third-order valence-electron chi connectivity index (χ3n) is 3.76. The van der Waals surface area contributed by atoms with Crippen molar-refractivity contribution in [3.63, 3.8) is 0 Å². The maximum Gasteiger partial charge on any atom is 0.339 e. The maximum atomic E-state index is 11.5. The van der Waals surface area contributed by atoms with Gasteiger partial charge in [-0.15, -0.1) is 0 Å². The highest BCUT2D eigenvalue weighted by Crippen LogP contribution is 2.31. The lowest BCUT2D eigenvalue weighted by atomic mass is 10.0. The number of aromatic nitrogens is 2. The molecule has 128 valence electrons. The molecule has 0 saturated carbocycles. The Bertz CT molecular complexity index is 1040. The van der Waals surface area contributed by atoms with Crippen LogP contribution < -0.4 is 10.9 Å². The molecule has 3 aromatic rings. The lowest BCUT2D eigenvalue weighted by molar-refractivity contribution is 0.248. The molecule has 3 rings (SSSR count). The minimum atomic E-state index is -3.78. The number of carbonyl (C=O) groups is 1. The van der Waals surface area contributed by atoms with E-state index in [0.717, 1.165) is 15.8 Å². The fourth-order valence-electron chi connectivity index (χ4n) is 2.45. The van der Waals surface area contributed by atoms with Gasteiger partial charge in [-0.1, -0.05) is 42.0 Å². The summed E-state index contributed by atoms with van der Waals surface area (Å²) in [6, 6.07) is 13.0. The molecule has 1 aromatic heterocycles. The van der Waals surface area contributed by atoms with E-state index in [4.69, 9.17) is 10.9 Å². The van der Waals surface area contributed by atoms with Crippen molar-refractivity contribution in [2.45, 2.75) is 11.8 Å². The van der Waals surface area contributed by atoms with Crippen molar-refractivity contribution in [1.82, 2.24) is 9.78 Å². The standard InChI is InChI=1S/C17H16N4O3S/c1-11-2-4-12(5-3-11)15-10-21(17(18)22)20-16(15)13-6-8-14(9-7-13)25(19,23)24/h2-10H,1H3,(H2,18,22)(H2,19,23,24). The van der Waals surface area contributed by atoms with Crippen molar-refractivity contribution < 1.29 is 13.2 Å². The zero-order chi connectivity index (χ0) is 18.2. The number of hydrogen-bond donors (Lipinski definition) is 2. The van der Waals surface area contributed by atoms with Crippen LogP contribution in [0.1, 0.15) is 5.56 Å². The minimum absolute atomic E-state index is 0.00229. The molecule has 8 heteroatoms. The number of aryl methyl sites for hydroxylation is 1. The average molecular weight is 356 g/mol. The minimum Gasteiger partial charge on any atom is -0.350 e. The molecule has 0 spiro atoms. The number of sulfonamides is 1. The largest absolute Gasteiger partial charge is 0.350 e. The maximum absolute atomic E-state index is 11.5. The zero-order valence-electron chi connectivity index (χ0n) is 13.4. The van der Waals surface area contributed by atoms with Crippen molar-refractivity contribution in [2.24, 2.45) is 10.9 Å². The predicted molar refractivity (Wildman–Crippen MR) is 94.2 cm³/mol. The molecule has 0 bridgehead atoms. The van der Waals surface area contributed by atoms with Gasteiger partial charge in [0.1, 0.15) is 5.69 Å². The summed E-state index contributed by atoms with van der Waals surface area (Å²) in [5, 5.41) is 9.35. The van der Waals surface area contributed by atoms with E-state index < -0.39 is 16.1 Å². The van der Waals surface area contributed by atoms with Gasteiger partial charge in [0.25, 0.3) is 0 Å². The number of nitrogens with two attached hydrogens (primary N) is 2. The summed E-state index contributed by atoms with van der Waals surface area (Å²) in [5.41, 5.74) is 9.16. The Labute approximate surface area is 144 Å². The Morgan fingerprint density at radius 3 is 2.08 bits per heavy atom. The Morgan fingerprint density at radius 1 is 1.00 bits per heavy atom. The van der Waals surface area contributed by atoms with Gasteiger partial charge < -0.3 is 5.73 Å². The molecule has 2 aromatic carbocycles. The van der Waals surface area contributed by atoms with Gasteiger partial charge in [0.2, 0.25) is 10.0 Å². The first-order chi connectivity index (χ1) is 11.8. The van der Waals surface area contributed by atoms with Gasteiger partial charge in [0, 0.05) is 17.3 Å². The number of benzene rings is 2. The first-order valence-electron chi connectivity index (χ1n) is 7.35. The molecule has 0 fully saturated rings. The molecule has 0 atom stereocenters. The van der Waals surface area contributed by atoms with Gasteiger partial charge in [0.05, 0.1) is 4.90 Å². The molecular formula is C17H16N4O3S. The van der Waals surface area contributed by atoms with Crippen LogP contribution in [0, 0.1) is 6.92 Å². The summed E-state index contributed by atoms with van der Waals surface area (Å²) in [4.78, 5) is 11.5. The molecule has 25 heavy (non-hydrogen) atoms. The van der Waals surface area contributed by atoms with Crippen LogP contribution in [-0.2, 0) is 10.0 Å². The molecule has 4 N–H and O–H groups in total. The molecule has 0 aliphatic carbocycles. The summed E-state index contributed by atoms with van der Waals surface area (Å²) in [5.74, 6) is 0. The monoisotopic (exact) mass is 356 g/mol. The van der Waals surface area contributed by atoms with Crippen molar-refractivity contribution in [3.05, 3.63) is 60.3 Å². The third kappa shape index (κ3) is 3.44. The average Bonchev–Trinajstić information content (AvgIpc) is 3.00. The SMILES string of the molecule is Cc1ccc(-c2cn(C(N)=O)nc2-c2ccc(S(N)(=O)=O)cc2)cc1. The zero-order valence-corrected chi connectivity index (χ0v) is 14.2. The Kier molecular flexibility index (Phi) is 4.15. The smallest absolute Gasteiger partial charge is 0.339 e. The van der Waals surface area contributed by atoms with Gasteiger partial charge in [-0.25, -0.2) is 18.4 Å². The van der Waals surface area contributed by atoms with E-state index in [1.807, 2.05) is 31.2 Å². The molecule has 0 unspecified atom stereocenters. The summed E-state index contributed by atoms with van der Waals surface area (Å²) < 4.78 is 23.8. The van der Waals surface area contributed by atoms with Gasteiger partial charge >= 0.3 is 6.03 Å². The summed E-state index contributed by atoms with van der Waals surface area (Å²) >= 11 is 0. The molecule has 0 saturated heterocycles. The first-order valence-corrected chi connectivity index (χ1v) is 8.90. The molecule has 1 heterocycles. The fraction of sp³-hybridized carbons (Fsp3) is 0.0588. The summed E-state index contributed by atoms with van der Waals surface area (Å²) in [7, 11) is -3.78. The lowest BCUT2D eigenvalue weighted by Gasteiger charge is -2.04. The summed E-state index contributed by atoms with van der Waals surface area (Å²) in [6.07, 6.45) is 1.55. The van der Waals surface area contributed by atoms with E-state index in [-0.39, 0.29) is 4.90 Å². The van der Waals surface area contributed by atoms with Crippen LogP contribution >= 0.6 is 0 Å². The highest BCUT2D eigenvalue weighted by atomic mass is 32.2. The number of rotatable bonds is 3. The number of carbonyl (C=O) groups excluding carboxylic acids is 1. The number of amides is 1. The van der Waals surface area contributed by atoms with Gasteiger partial charge in [-0.05, 0) is 24.6 Å². The van der Waals surface area contributed by atoms with Crippen LogP contribution in [0.3, 0.4) is 0 Å². The van der Waals surface area contributed by atoms with E-state index in [1.165, 1.54) is 12.1 Å². The Hall–Kier alpha value is -2.97. The second kappa shape index (κ2) is 6.15. The second-order valence-corrected chi connectivity index (χ2v) is 7.17. The first kappa shape index (κ1) is 16.9. The van der Waals surface area contributed by atoms with Crippen LogP contribution in [0.4, 0.5) is 4.79 Å². The van der Waals surface area contributed by atoms with Crippen LogP contribution in [0.5, 0.6) is 0 Å². The van der Waals surface area contributed by atoms with Crippen molar-refractivity contribution in [3.8, 4) is 22.4 Å². The normalized spacial score (nSPS) is 11.4. The molecule has 0 aliphatic heterocycles. The van der Waals surface area contributed by atoms with E-state index in [1.54, 1.807) is 18.3 Å². The van der Waals surface area contributed by atoms with E-state index in [0.29, 0.717) is 16.8 Å². The second-order valence-electron chi connectivity index (χ2n) is 5.61. The third-order valence-corrected chi connectivity index (χ3v) is 4.69. The van der Waals surface area contributed by atoms with E-state index in [9.17, 15) is 13.2 Å². The lowest BCUT2D eigenvalue weighted by Crippen LogP contribution is -2.19. The Balaban J connectivity index is 2.14. The molecule has 1 amide bonds. The number of nitrogens with zero attached hydrogens (tertiary/aromatic N) is 2. The van der Waals surface area contributed by atoms with Crippen molar-refractivity contribution >= 4 is 16.1 Å². The fourth-order valence-corrected chi connectivity index (χ4v) is 2.96. The highest BCUT2D eigenvalue weighted by molar-refractivity contribution is 7.89. The van der Waals surface area contributed by atoms with Crippen LogP contribution in [0.2, 0.25) is 0 Å². The van der Waals surface area contributed by atoms with E-state index >= 15 is 0 Å². The Morgan fingerprint density at radius 2 is 1.56 bits per heavy atom. The van der Waals surface area contributed by atoms with Crippen LogP contribution in [0.15, 0.2) is 59.6 Å². The predicted octanol–water partition coefficient (Wildman–Crippen LogP) is 2.10. The number of primary amides is 1. The van der Waals surface area contributed by atoms with Crippen LogP contribution in [0.25, 0.3) is 22.4 Å². The van der Waals surface area contributed by atoms with Gasteiger partial charge in [-0.2, -0.15) is 9.78 Å². The number of primary sulfonamides is 1. The topological polar surface area (TPSA) is 121 Å².